The molecule has 0 saturated heterocycles. The van der Waals surface area contributed by atoms with E-state index in [0.717, 1.165) is 10.9 Å². The Morgan fingerprint density at radius 3 is 3.04 bits per heavy atom. The second-order valence-electron chi connectivity index (χ2n) is 7.04. The van der Waals surface area contributed by atoms with Crippen LogP contribution in [0.1, 0.15) is 31.9 Å². The molecular weight excluding hydrogens is 335 g/mol. The fourth-order valence-corrected chi connectivity index (χ4v) is 3.35. The van der Waals surface area contributed by atoms with Crippen LogP contribution < -0.4 is 15.4 Å². The number of aromatic amines is 1. The fraction of sp³-hybridized carbons (Fsp3) is 0.263. The number of H-pyrrole nitrogens is 1. The van der Waals surface area contributed by atoms with E-state index in [0.29, 0.717) is 23.4 Å². The van der Waals surface area contributed by atoms with Crippen molar-refractivity contribution in [3.8, 4) is 5.75 Å². The largest absolute Gasteiger partial charge is 0.487 e. The smallest absolute Gasteiger partial charge is 0.319 e. The van der Waals surface area contributed by atoms with Crippen LogP contribution in [0.5, 0.6) is 5.75 Å². The maximum atomic E-state index is 13.7. The highest BCUT2D eigenvalue weighted by molar-refractivity contribution is 6.00. The van der Waals surface area contributed by atoms with Crippen LogP contribution in [0.4, 0.5) is 14.9 Å². The van der Waals surface area contributed by atoms with Crippen LogP contribution in [0.15, 0.2) is 42.6 Å². The van der Waals surface area contributed by atoms with Crippen molar-refractivity contribution in [2.75, 3.05) is 5.32 Å². The van der Waals surface area contributed by atoms with Crippen molar-refractivity contribution in [2.24, 2.45) is 0 Å². The van der Waals surface area contributed by atoms with Crippen molar-refractivity contribution in [2.45, 2.75) is 31.9 Å². The predicted molar refractivity (Wildman–Crippen MR) is 96.7 cm³/mol. The highest BCUT2D eigenvalue weighted by Crippen LogP contribution is 2.39. The minimum atomic E-state index is -0.465. The SMILES string of the molecule is CC1(C)C[C@@H](NC(=O)Nc2cccc3[nH]ncc23)c2cc(F)ccc2O1. The topological polar surface area (TPSA) is 79.0 Å². The molecule has 1 aromatic heterocycles. The number of rotatable bonds is 2. The lowest BCUT2D eigenvalue weighted by Gasteiger charge is -2.37. The molecule has 3 N–H and O–H groups in total. The highest BCUT2D eigenvalue weighted by atomic mass is 19.1. The van der Waals surface area contributed by atoms with Crippen molar-refractivity contribution in [1.82, 2.24) is 15.5 Å². The van der Waals surface area contributed by atoms with Crippen LogP contribution in [-0.4, -0.2) is 21.8 Å². The van der Waals surface area contributed by atoms with Gasteiger partial charge in [-0.05, 0) is 44.2 Å². The van der Waals surface area contributed by atoms with Crippen molar-refractivity contribution < 1.29 is 13.9 Å². The molecule has 2 aromatic carbocycles. The van der Waals surface area contributed by atoms with E-state index in [-0.39, 0.29) is 17.9 Å². The van der Waals surface area contributed by atoms with E-state index in [4.69, 9.17) is 4.74 Å². The van der Waals surface area contributed by atoms with Crippen molar-refractivity contribution >= 4 is 22.6 Å². The van der Waals surface area contributed by atoms with Gasteiger partial charge in [-0.25, -0.2) is 9.18 Å². The van der Waals surface area contributed by atoms with Crippen molar-refractivity contribution in [1.29, 1.82) is 0 Å². The molecule has 4 rings (SSSR count). The van der Waals surface area contributed by atoms with Crippen LogP contribution in [0, 0.1) is 5.82 Å². The van der Waals surface area contributed by atoms with E-state index in [1.165, 1.54) is 12.1 Å². The fourth-order valence-electron chi connectivity index (χ4n) is 3.35. The van der Waals surface area contributed by atoms with Crippen LogP contribution >= 0.6 is 0 Å². The highest BCUT2D eigenvalue weighted by Gasteiger charge is 2.34. The summed E-state index contributed by atoms with van der Waals surface area (Å²) < 4.78 is 19.6. The normalized spacial score (nSPS) is 18.0. The van der Waals surface area contributed by atoms with E-state index < -0.39 is 5.60 Å². The zero-order valence-electron chi connectivity index (χ0n) is 14.5. The van der Waals surface area contributed by atoms with Gasteiger partial charge in [0, 0.05) is 17.4 Å². The molecule has 1 atom stereocenters. The number of nitrogens with zero attached hydrogens (tertiary/aromatic N) is 1. The monoisotopic (exact) mass is 354 g/mol. The number of ether oxygens (including phenoxy) is 1. The average Bonchev–Trinajstić information content (AvgIpc) is 3.04. The van der Waals surface area contributed by atoms with E-state index in [1.54, 1.807) is 18.3 Å². The number of aromatic nitrogens is 2. The molecule has 0 aliphatic carbocycles. The van der Waals surface area contributed by atoms with Gasteiger partial charge in [-0.3, -0.25) is 5.10 Å². The molecule has 7 heteroatoms. The Kier molecular flexibility index (Phi) is 3.79. The zero-order valence-corrected chi connectivity index (χ0v) is 14.5. The number of hydrogen-bond donors (Lipinski definition) is 3. The lowest BCUT2D eigenvalue weighted by Crippen LogP contribution is -2.42. The van der Waals surface area contributed by atoms with Gasteiger partial charge in [0.05, 0.1) is 23.4 Å². The van der Waals surface area contributed by atoms with Gasteiger partial charge in [0.15, 0.2) is 0 Å². The molecular formula is C19H19FN4O2. The summed E-state index contributed by atoms with van der Waals surface area (Å²) in [5.41, 5.74) is 1.66. The number of anilines is 1. The Morgan fingerprint density at radius 1 is 1.35 bits per heavy atom. The summed E-state index contributed by atoms with van der Waals surface area (Å²) in [4.78, 5) is 12.6. The van der Waals surface area contributed by atoms with Gasteiger partial charge in [0.2, 0.25) is 0 Å². The summed E-state index contributed by atoms with van der Waals surface area (Å²) in [6.45, 7) is 3.89. The molecule has 2 amide bonds. The molecule has 2 heterocycles. The average molecular weight is 354 g/mol. The van der Waals surface area contributed by atoms with Gasteiger partial charge in [-0.2, -0.15) is 5.10 Å². The minimum absolute atomic E-state index is 0.354. The first-order chi connectivity index (χ1) is 12.4. The summed E-state index contributed by atoms with van der Waals surface area (Å²) in [6.07, 6.45) is 2.19. The molecule has 0 saturated carbocycles. The summed E-state index contributed by atoms with van der Waals surface area (Å²) in [6, 6.07) is 9.17. The number of urea groups is 1. The summed E-state index contributed by atoms with van der Waals surface area (Å²) in [5, 5.41) is 13.5. The van der Waals surface area contributed by atoms with Gasteiger partial charge in [-0.1, -0.05) is 6.07 Å². The Hall–Kier alpha value is -3.09. The molecule has 0 fully saturated rings. The molecule has 134 valence electrons. The van der Waals surface area contributed by atoms with Gasteiger partial charge in [0.25, 0.3) is 0 Å². The standard InChI is InChI=1S/C19H19FN4O2/c1-19(2)9-16(12-8-11(20)6-7-17(12)26-19)23-18(25)22-14-4-3-5-15-13(14)10-21-24-15/h3-8,10,16H,9H2,1-2H3,(H,21,24)(H2,22,23,25)/t16-/m1/s1. The maximum Gasteiger partial charge on any atom is 0.319 e. The van der Waals surface area contributed by atoms with E-state index >= 15 is 0 Å². The molecule has 6 nitrogen and oxygen atoms in total. The first-order valence-electron chi connectivity index (χ1n) is 8.39. The number of nitrogens with one attached hydrogen (secondary N) is 3. The second kappa shape index (κ2) is 6.01. The van der Waals surface area contributed by atoms with Crippen LogP contribution in [-0.2, 0) is 0 Å². The van der Waals surface area contributed by atoms with Crippen LogP contribution in [0.2, 0.25) is 0 Å². The lowest BCUT2D eigenvalue weighted by molar-refractivity contribution is 0.0680. The molecule has 0 unspecified atom stereocenters. The maximum absolute atomic E-state index is 13.7. The summed E-state index contributed by atoms with van der Waals surface area (Å²) >= 11 is 0. The molecule has 3 aromatic rings. The number of fused-ring (bicyclic) bond motifs is 2. The quantitative estimate of drug-likeness (QED) is 0.647. The van der Waals surface area contributed by atoms with E-state index in [9.17, 15) is 9.18 Å². The third-order valence-corrected chi connectivity index (χ3v) is 4.47. The van der Waals surface area contributed by atoms with Gasteiger partial charge >= 0.3 is 6.03 Å². The Bertz CT molecular complexity index is 983. The van der Waals surface area contributed by atoms with Crippen molar-refractivity contribution in [3.05, 3.63) is 54.0 Å². The number of carbonyl (C=O) groups is 1. The second-order valence-corrected chi connectivity index (χ2v) is 7.04. The first-order valence-corrected chi connectivity index (χ1v) is 8.39. The molecule has 26 heavy (non-hydrogen) atoms. The van der Waals surface area contributed by atoms with Crippen molar-refractivity contribution in [3.63, 3.8) is 0 Å². The number of carbonyl (C=O) groups excluding carboxylic acids is 1. The number of benzene rings is 2. The third kappa shape index (κ3) is 3.08. The van der Waals surface area contributed by atoms with Crippen LogP contribution in [0.3, 0.4) is 0 Å². The molecule has 0 bridgehead atoms. The molecule has 1 aliphatic rings. The Balaban J connectivity index is 1.57. The van der Waals surface area contributed by atoms with E-state index in [2.05, 4.69) is 20.8 Å². The summed E-state index contributed by atoms with van der Waals surface area (Å²) in [5.74, 6) is 0.229. The number of hydrogen-bond acceptors (Lipinski definition) is 3. The Labute approximate surface area is 149 Å². The molecule has 0 spiro atoms. The first kappa shape index (κ1) is 16.4. The zero-order chi connectivity index (χ0) is 18.3. The van der Waals surface area contributed by atoms with Gasteiger partial charge < -0.3 is 15.4 Å². The summed E-state index contributed by atoms with van der Waals surface area (Å²) in [7, 11) is 0. The lowest BCUT2D eigenvalue weighted by atomic mass is 9.89. The predicted octanol–water partition coefficient (Wildman–Crippen LogP) is 4.13. The Morgan fingerprint density at radius 2 is 2.19 bits per heavy atom. The number of amides is 2. The minimum Gasteiger partial charge on any atom is -0.487 e. The molecule has 0 radical (unpaired) electrons. The molecule has 1 aliphatic heterocycles. The number of halogens is 1. The van der Waals surface area contributed by atoms with Gasteiger partial charge in [0.1, 0.15) is 17.2 Å². The van der Waals surface area contributed by atoms with Crippen LogP contribution in [0.25, 0.3) is 10.9 Å². The third-order valence-electron chi connectivity index (χ3n) is 4.47. The van der Waals surface area contributed by atoms with Gasteiger partial charge in [-0.15, -0.1) is 0 Å². The van der Waals surface area contributed by atoms with E-state index in [1.807, 2.05) is 26.0 Å².